The lowest BCUT2D eigenvalue weighted by Gasteiger charge is -2.42. The minimum Gasteiger partial charge on any atom is -0.466 e. The molecular weight excluding hydrogens is 326 g/mol. The number of halogens is 1. The summed E-state index contributed by atoms with van der Waals surface area (Å²) >= 11 is 0. The SMILES string of the molecule is CC(=O)OCC1C(CC(=O)c2ccccc2)CC2CCC1N2C.Cl. The minimum atomic E-state index is -0.235. The van der Waals surface area contributed by atoms with Crippen LogP contribution in [0.2, 0.25) is 0 Å². The Bertz CT molecular complexity index is 577. The van der Waals surface area contributed by atoms with Crippen molar-refractivity contribution in [3.05, 3.63) is 35.9 Å². The van der Waals surface area contributed by atoms with Gasteiger partial charge in [0.05, 0.1) is 6.61 Å². The average Bonchev–Trinajstić information content (AvgIpc) is 2.79. The van der Waals surface area contributed by atoms with Gasteiger partial charge in [-0.05, 0) is 32.2 Å². The van der Waals surface area contributed by atoms with Gasteiger partial charge in [0.1, 0.15) is 0 Å². The number of benzene rings is 1. The first-order valence-corrected chi connectivity index (χ1v) is 8.50. The van der Waals surface area contributed by atoms with Gasteiger partial charge in [-0.15, -0.1) is 12.4 Å². The van der Waals surface area contributed by atoms with Gasteiger partial charge in [0.25, 0.3) is 0 Å². The molecule has 0 aromatic heterocycles. The highest BCUT2D eigenvalue weighted by atomic mass is 35.5. The molecule has 0 radical (unpaired) electrons. The number of carbonyl (C=O) groups excluding carboxylic acids is 2. The zero-order valence-corrected chi connectivity index (χ0v) is 15.1. The number of nitrogens with zero attached hydrogens (tertiary/aromatic N) is 1. The smallest absolute Gasteiger partial charge is 0.302 e. The van der Waals surface area contributed by atoms with Crippen LogP contribution < -0.4 is 0 Å². The van der Waals surface area contributed by atoms with Crippen LogP contribution in [0.1, 0.15) is 43.0 Å². The monoisotopic (exact) mass is 351 g/mol. The molecule has 0 N–H and O–H groups in total. The Morgan fingerprint density at radius 2 is 1.92 bits per heavy atom. The van der Waals surface area contributed by atoms with Crippen LogP contribution >= 0.6 is 12.4 Å². The van der Waals surface area contributed by atoms with Gasteiger partial charge in [-0.2, -0.15) is 0 Å². The van der Waals surface area contributed by atoms with Crippen molar-refractivity contribution in [3.8, 4) is 0 Å². The summed E-state index contributed by atoms with van der Waals surface area (Å²) in [4.78, 5) is 26.2. The Balaban J connectivity index is 0.00000208. The maximum Gasteiger partial charge on any atom is 0.302 e. The Morgan fingerprint density at radius 3 is 2.58 bits per heavy atom. The molecule has 24 heavy (non-hydrogen) atoms. The molecule has 2 heterocycles. The number of piperidine rings is 1. The predicted octanol–water partition coefficient (Wildman–Crippen LogP) is 3.34. The number of fused-ring (bicyclic) bond motifs is 2. The molecule has 0 aliphatic carbocycles. The summed E-state index contributed by atoms with van der Waals surface area (Å²) < 4.78 is 5.32. The topological polar surface area (TPSA) is 46.6 Å². The van der Waals surface area contributed by atoms with Crippen LogP contribution in [0.15, 0.2) is 30.3 Å². The molecule has 2 aliphatic rings. The molecule has 132 valence electrons. The van der Waals surface area contributed by atoms with Crippen LogP contribution in [0.4, 0.5) is 0 Å². The molecule has 1 aromatic carbocycles. The second-order valence-electron chi connectivity index (χ2n) is 6.92. The third-order valence-electron chi connectivity index (χ3n) is 5.59. The summed E-state index contributed by atoms with van der Waals surface area (Å²) in [6.45, 7) is 1.89. The molecule has 3 rings (SSSR count). The van der Waals surface area contributed by atoms with Gasteiger partial charge in [-0.3, -0.25) is 9.59 Å². The molecule has 2 aliphatic heterocycles. The van der Waals surface area contributed by atoms with Gasteiger partial charge in [0, 0.05) is 36.9 Å². The second-order valence-corrected chi connectivity index (χ2v) is 6.92. The largest absolute Gasteiger partial charge is 0.466 e. The quantitative estimate of drug-likeness (QED) is 0.603. The lowest BCUT2D eigenvalue weighted by molar-refractivity contribution is -0.144. The van der Waals surface area contributed by atoms with E-state index >= 15 is 0 Å². The maximum absolute atomic E-state index is 12.6. The Morgan fingerprint density at radius 1 is 1.21 bits per heavy atom. The van der Waals surface area contributed by atoms with Crippen LogP contribution in [0, 0.1) is 11.8 Å². The van der Waals surface area contributed by atoms with Crippen LogP contribution in [0.25, 0.3) is 0 Å². The van der Waals surface area contributed by atoms with Crippen molar-refractivity contribution in [3.63, 3.8) is 0 Å². The molecule has 0 amide bonds. The number of Topliss-reactive ketones (excluding diaryl/α,β-unsaturated/α-hetero) is 1. The van der Waals surface area contributed by atoms with E-state index in [9.17, 15) is 9.59 Å². The van der Waals surface area contributed by atoms with Crippen LogP contribution in [-0.4, -0.2) is 42.4 Å². The molecule has 1 aromatic rings. The van der Waals surface area contributed by atoms with Crippen molar-refractivity contribution >= 4 is 24.2 Å². The van der Waals surface area contributed by atoms with Crippen molar-refractivity contribution in [2.24, 2.45) is 11.8 Å². The van der Waals surface area contributed by atoms with E-state index in [2.05, 4.69) is 11.9 Å². The van der Waals surface area contributed by atoms with Crippen molar-refractivity contribution in [2.45, 2.75) is 44.7 Å². The molecule has 0 spiro atoms. The standard InChI is InChI=1S/C19H25NO3.ClH/c1-13(21)23-12-17-15(10-16-8-9-18(17)20(16)2)11-19(22)14-6-4-3-5-7-14;/h3-7,15-18H,8-12H2,1-2H3;1H. The van der Waals surface area contributed by atoms with E-state index in [1.807, 2.05) is 30.3 Å². The first-order chi connectivity index (χ1) is 11.1. The Hall–Kier alpha value is -1.39. The van der Waals surface area contributed by atoms with E-state index < -0.39 is 0 Å². The van der Waals surface area contributed by atoms with Crippen LogP contribution in [0.5, 0.6) is 0 Å². The summed E-state index contributed by atoms with van der Waals surface area (Å²) in [5.74, 6) is 0.527. The number of hydrogen-bond acceptors (Lipinski definition) is 4. The zero-order valence-electron chi connectivity index (χ0n) is 14.3. The molecule has 4 atom stereocenters. The number of ketones is 1. The number of esters is 1. The third kappa shape index (κ3) is 3.98. The first kappa shape index (κ1) is 18.9. The van der Waals surface area contributed by atoms with Crippen molar-refractivity contribution in [1.29, 1.82) is 0 Å². The third-order valence-corrected chi connectivity index (χ3v) is 5.59. The molecular formula is C19H26ClNO3. The van der Waals surface area contributed by atoms with Gasteiger partial charge < -0.3 is 9.64 Å². The van der Waals surface area contributed by atoms with Crippen molar-refractivity contribution in [2.75, 3.05) is 13.7 Å². The van der Waals surface area contributed by atoms with Gasteiger partial charge in [-0.1, -0.05) is 30.3 Å². The molecule has 2 bridgehead atoms. The fourth-order valence-corrected chi connectivity index (χ4v) is 4.36. The summed E-state index contributed by atoms with van der Waals surface area (Å²) in [6, 6.07) is 10.5. The summed E-state index contributed by atoms with van der Waals surface area (Å²) in [6.07, 6.45) is 3.91. The fourth-order valence-electron chi connectivity index (χ4n) is 4.36. The summed E-state index contributed by atoms with van der Waals surface area (Å²) in [5, 5.41) is 0. The average molecular weight is 352 g/mol. The van der Waals surface area contributed by atoms with Gasteiger partial charge in [-0.25, -0.2) is 0 Å². The minimum absolute atomic E-state index is 0. The molecule has 2 fully saturated rings. The van der Waals surface area contributed by atoms with E-state index in [1.165, 1.54) is 13.3 Å². The van der Waals surface area contributed by atoms with E-state index in [0.29, 0.717) is 31.0 Å². The molecule has 5 heteroatoms. The van der Waals surface area contributed by atoms with Crippen LogP contribution in [0.3, 0.4) is 0 Å². The Kier molecular flexibility index (Phi) is 6.41. The number of rotatable bonds is 5. The summed E-state index contributed by atoms with van der Waals surface area (Å²) in [7, 11) is 2.17. The van der Waals surface area contributed by atoms with E-state index in [4.69, 9.17) is 4.74 Å². The number of hydrogen-bond donors (Lipinski definition) is 0. The van der Waals surface area contributed by atoms with Crippen LogP contribution in [-0.2, 0) is 9.53 Å². The highest BCUT2D eigenvalue weighted by molar-refractivity contribution is 5.96. The number of ether oxygens (including phenoxy) is 1. The fraction of sp³-hybridized carbons (Fsp3) is 0.579. The van der Waals surface area contributed by atoms with Crippen molar-refractivity contribution in [1.82, 2.24) is 4.90 Å². The van der Waals surface area contributed by atoms with Gasteiger partial charge in [0.15, 0.2) is 5.78 Å². The Labute approximate surface area is 150 Å². The molecule has 4 nitrogen and oxygen atoms in total. The number of carbonyl (C=O) groups is 2. The van der Waals surface area contributed by atoms with Gasteiger partial charge in [0.2, 0.25) is 0 Å². The van der Waals surface area contributed by atoms with E-state index in [1.54, 1.807) is 0 Å². The lowest BCUT2D eigenvalue weighted by atomic mass is 9.77. The highest BCUT2D eigenvalue weighted by Crippen LogP contribution is 2.43. The lowest BCUT2D eigenvalue weighted by Crippen LogP contribution is -2.48. The van der Waals surface area contributed by atoms with E-state index in [-0.39, 0.29) is 30.1 Å². The second kappa shape index (κ2) is 8.13. The van der Waals surface area contributed by atoms with Gasteiger partial charge >= 0.3 is 5.97 Å². The predicted molar refractivity (Wildman–Crippen MR) is 95.4 cm³/mol. The highest BCUT2D eigenvalue weighted by Gasteiger charge is 2.46. The van der Waals surface area contributed by atoms with Crippen molar-refractivity contribution < 1.29 is 14.3 Å². The summed E-state index contributed by atoms with van der Waals surface area (Å²) in [5.41, 5.74) is 0.782. The maximum atomic E-state index is 12.6. The first-order valence-electron chi connectivity index (χ1n) is 8.50. The molecule has 2 saturated heterocycles. The molecule has 4 unspecified atom stereocenters. The molecule has 0 saturated carbocycles. The van der Waals surface area contributed by atoms with E-state index in [0.717, 1.165) is 18.4 Å². The normalized spacial score (nSPS) is 28.9. The zero-order chi connectivity index (χ0) is 16.4.